The lowest BCUT2D eigenvalue weighted by atomic mass is 10.7. The first kappa shape index (κ1) is 11.4. The van der Waals surface area contributed by atoms with Gasteiger partial charge in [-0.3, -0.25) is 0 Å². The van der Waals surface area contributed by atoms with Gasteiger partial charge in [-0.25, -0.2) is 4.68 Å². The van der Waals surface area contributed by atoms with Crippen LogP contribution in [-0.2, 0) is 11.5 Å². The summed E-state index contributed by atoms with van der Waals surface area (Å²) in [5.41, 5.74) is 0. The Hall–Kier alpha value is -0.683. The second-order valence-corrected chi connectivity index (χ2v) is 10.1. The first-order chi connectivity index (χ1) is 6.49. The van der Waals surface area contributed by atoms with Crippen molar-refractivity contribution in [3.8, 4) is 0 Å². The van der Waals surface area contributed by atoms with E-state index in [0.717, 1.165) is 6.04 Å². The molecular formula is C9H17FN2OSi. The zero-order valence-corrected chi connectivity index (χ0v) is 9.96. The molecule has 3 nitrogen and oxygen atoms in total. The molecule has 1 aromatic rings. The van der Waals surface area contributed by atoms with Crippen LogP contribution in [0, 0.1) is 5.95 Å². The lowest BCUT2D eigenvalue weighted by Crippen LogP contribution is -2.22. The third-order valence-electron chi connectivity index (χ3n) is 1.87. The average Bonchev–Trinajstić information content (AvgIpc) is 2.44. The van der Waals surface area contributed by atoms with Crippen LogP contribution in [-0.4, -0.2) is 24.5 Å². The lowest BCUT2D eigenvalue weighted by Gasteiger charge is -2.15. The number of aromatic nitrogens is 2. The van der Waals surface area contributed by atoms with Gasteiger partial charge in [0.1, 0.15) is 6.73 Å². The zero-order valence-electron chi connectivity index (χ0n) is 8.96. The maximum atomic E-state index is 12.8. The van der Waals surface area contributed by atoms with E-state index in [9.17, 15) is 4.39 Å². The Bertz CT molecular complexity index is 283. The molecule has 0 N–H and O–H groups in total. The molecule has 1 rings (SSSR count). The largest absolute Gasteiger partial charge is 0.359 e. The minimum atomic E-state index is -1.04. The van der Waals surface area contributed by atoms with Gasteiger partial charge in [-0.05, 0) is 6.04 Å². The van der Waals surface area contributed by atoms with E-state index >= 15 is 0 Å². The molecular weight excluding hydrogens is 199 g/mol. The smallest absolute Gasteiger partial charge is 0.213 e. The van der Waals surface area contributed by atoms with Gasteiger partial charge in [0, 0.05) is 20.7 Å². The number of hydrogen-bond donors (Lipinski definition) is 0. The number of hydrogen-bond acceptors (Lipinski definition) is 2. The van der Waals surface area contributed by atoms with Crippen molar-refractivity contribution in [2.24, 2.45) is 0 Å². The molecule has 0 radical (unpaired) electrons. The normalized spacial score (nSPS) is 12.0. The van der Waals surface area contributed by atoms with Crippen molar-refractivity contribution >= 4 is 8.07 Å². The molecule has 0 saturated heterocycles. The Labute approximate surface area is 84.9 Å². The van der Waals surface area contributed by atoms with Crippen molar-refractivity contribution in [2.75, 3.05) is 6.61 Å². The molecule has 0 fully saturated rings. The maximum absolute atomic E-state index is 12.8. The quantitative estimate of drug-likeness (QED) is 0.558. The number of nitrogens with zero attached hydrogens (tertiary/aromatic N) is 2. The lowest BCUT2D eigenvalue weighted by molar-refractivity contribution is 0.0699. The van der Waals surface area contributed by atoms with Crippen molar-refractivity contribution < 1.29 is 9.13 Å². The molecule has 0 saturated carbocycles. The summed E-state index contributed by atoms with van der Waals surface area (Å²) in [7, 11) is -1.04. The second-order valence-electron chi connectivity index (χ2n) is 4.50. The maximum Gasteiger partial charge on any atom is 0.213 e. The van der Waals surface area contributed by atoms with Gasteiger partial charge in [0.15, 0.2) is 0 Å². The monoisotopic (exact) mass is 216 g/mol. The fourth-order valence-electron chi connectivity index (χ4n) is 0.941. The van der Waals surface area contributed by atoms with Gasteiger partial charge < -0.3 is 4.74 Å². The summed E-state index contributed by atoms with van der Waals surface area (Å²) in [6.07, 6.45) is 1.43. The SMILES string of the molecule is C[Si](C)(C)CCOCn1nccc1F. The Morgan fingerprint density at radius 1 is 1.50 bits per heavy atom. The van der Waals surface area contributed by atoms with E-state index < -0.39 is 8.07 Å². The molecule has 1 aromatic heterocycles. The summed E-state index contributed by atoms with van der Waals surface area (Å²) in [6, 6.07) is 2.41. The summed E-state index contributed by atoms with van der Waals surface area (Å²) in [4.78, 5) is 0. The summed E-state index contributed by atoms with van der Waals surface area (Å²) in [5.74, 6) is -0.349. The van der Waals surface area contributed by atoms with Crippen LogP contribution in [0.1, 0.15) is 0 Å². The van der Waals surface area contributed by atoms with Crippen LogP contribution in [0.25, 0.3) is 0 Å². The fourth-order valence-corrected chi connectivity index (χ4v) is 1.70. The van der Waals surface area contributed by atoms with Gasteiger partial charge in [-0.1, -0.05) is 19.6 Å². The Balaban J connectivity index is 2.20. The molecule has 0 aliphatic carbocycles. The second kappa shape index (κ2) is 4.70. The molecule has 5 heteroatoms. The average molecular weight is 216 g/mol. The molecule has 0 aliphatic heterocycles. The molecule has 0 bridgehead atoms. The van der Waals surface area contributed by atoms with Gasteiger partial charge in [-0.2, -0.15) is 9.49 Å². The van der Waals surface area contributed by atoms with E-state index in [-0.39, 0.29) is 12.7 Å². The molecule has 1 heterocycles. The van der Waals surface area contributed by atoms with Crippen LogP contribution in [0.15, 0.2) is 12.3 Å². The van der Waals surface area contributed by atoms with Crippen LogP contribution in [0.3, 0.4) is 0 Å². The Morgan fingerprint density at radius 3 is 2.71 bits per heavy atom. The number of ether oxygens (including phenoxy) is 1. The molecule has 0 spiro atoms. The zero-order chi connectivity index (χ0) is 10.6. The molecule has 0 amide bonds. The summed E-state index contributed by atoms with van der Waals surface area (Å²) in [6.45, 7) is 7.75. The predicted molar refractivity (Wildman–Crippen MR) is 56.3 cm³/mol. The highest BCUT2D eigenvalue weighted by Crippen LogP contribution is 2.07. The van der Waals surface area contributed by atoms with Gasteiger partial charge in [0.2, 0.25) is 5.95 Å². The topological polar surface area (TPSA) is 27.1 Å². The molecule has 0 aliphatic rings. The van der Waals surface area contributed by atoms with Crippen LogP contribution in [0.4, 0.5) is 4.39 Å². The summed E-state index contributed by atoms with van der Waals surface area (Å²) in [5, 5.41) is 3.78. The molecule has 80 valence electrons. The van der Waals surface area contributed by atoms with Gasteiger partial charge >= 0.3 is 0 Å². The van der Waals surface area contributed by atoms with Crippen molar-refractivity contribution in [3.63, 3.8) is 0 Å². The van der Waals surface area contributed by atoms with E-state index in [4.69, 9.17) is 4.74 Å². The minimum absolute atomic E-state index is 0.212. The first-order valence-electron chi connectivity index (χ1n) is 4.74. The van der Waals surface area contributed by atoms with E-state index in [1.807, 2.05) is 0 Å². The third-order valence-corrected chi connectivity index (χ3v) is 3.58. The molecule has 0 aromatic carbocycles. The van der Waals surface area contributed by atoms with Gasteiger partial charge in [0.05, 0.1) is 6.20 Å². The Morgan fingerprint density at radius 2 is 2.21 bits per heavy atom. The van der Waals surface area contributed by atoms with Crippen LogP contribution >= 0.6 is 0 Å². The first-order valence-corrected chi connectivity index (χ1v) is 8.45. The Kier molecular flexibility index (Phi) is 3.83. The highest BCUT2D eigenvalue weighted by molar-refractivity contribution is 6.76. The van der Waals surface area contributed by atoms with Gasteiger partial charge in [0.25, 0.3) is 0 Å². The van der Waals surface area contributed by atoms with Gasteiger partial charge in [-0.15, -0.1) is 0 Å². The van der Waals surface area contributed by atoms with Crippen LogP contribution < -0.4 is 0 Å². The summed E-state index contributed by atoms with van der Waals surface area (Å²) >= 11 is 0. The summed E-state index contributed by atoms with van der Waals surface area (Å²) < 4.78 is 19.4. The van der Waals surface area contributed by atoms with Crippen LogP contribution in [0.5, 0.6) is 0 Å². The minimum Gasteiger partial charge on any atom is -0.359 e. The standard InChI is InChI=1S/C9H17FN2OSi/c1-14(2,3)7-6-13-8-12-9(10)4-5-11-12/h4-5H,6-8H2,1-3H3. The highest BCUT2D eigenvalue weighted by atomic mass is 28.3. The van der Waals surface area contributed by atoms with Crippen molar-refractivity contribution in [2.45, 2.75) is 32.4 Å². The molecule has 0 unspecified atom stereocenters. The molecule has 14 heavy (non-hydrogen) atoms. The van der Waals surface area contributed by atoms with Crippen molar-refractivity contribution in [1.82, 2.24) is 9.78 Å². The highest BCUT2D eigenvalue weighted by Gasteiger charge is 2.12. The predicted octanol–water partition coefficient (Wildman–Crippen LogP) is 2.33. The van der Waals surface area contributed by atoms with E-state index in [2.05, 4.69) is 24.7 Å². The van der Waals surface area contributed by atoms with E-state index in [0.29, 0.717) is 6.61 Å². The molecule has 0 atom stereocenters. The number of rotatable bonds is 5. The van der Waals surface area contributed by atoms with E-state index in [1.54, 1.807) is 0 Å². The fraction of sp³-hybridized carbons (Fsp3) is 0.667. The van der Waals surface area contributed by atoms with Crippen molar-refractivity contribution in [3.05, 3.63) is 18.2 Å². The van der Waals surface area contributed by atoms with E-state index in [1.165, 1.54) is 16.9 Å². The van der Waals surface area contributed by atoms with Crippen LogP contribution in [0.2, 0.25) is 25.7 Å². The van der Waals surface area contributed by atoms with Crippen molar-refractivity contribution in [1.29, 1.82) is 0 Å². The third kappa shape index (κ3) is 4.02. The number of halogens is 1.